The van der Waals surface area contributed by atoms with Crippen molar-refractivity contribution in [3.05, 3.63) is 35.9 Å². The van der Waals surface area contributed by atoms with Gasteiger partial charge < -0.3 is 10.6 Å². The van der Waals surface area contributed by atoms with Crippen LogP contribution >= 0.6 is 0 Å². The summed E-state index contributed by atoms with van der Waals surface area (Å²) in [6.45, 7) is 2.03. The zero-order chi connectivity index (χ0) is 11.9. The molecular weight excluding hydrogens is 212 g/mol. The molecule has 1 aromatic carbocycles. The molecule has 1 aliphatic rings. The van der Waals surface area contributed by atoms with Crippen LogP contribution in [-0.2, 0) is 11.2 Å². The first kappa shape index (κ1) is 12.1. The van der Waals surface area contributed by atoms with Gasteiger partial charge in [-0.15, -0.1) is 0 Å². The van der Waals surface area contributed by atoms with Gasteiger partial charge in [0.25, 0.3) is 0 Å². The molecule has 1 fully saturated rings. The van der Waals surface area contributed by atoms with Crippen LogP contribution in [0.5, 0.6) is 0 Å². The summed E-state index contributed by atoms with van der Waals surface area (Å²) in [4.78, 5) is 11.8. The van der Waals surface area contributed by atoms with Gasteiger partial charge in [0.15, 0.2) is 0 Å². The van der Waals surface area contributed by atoms with Gasteiger partial charge >= 0.3 is 0 Å². The van der Waals surface area contributed by atoms with Crippen LogP contribution in [0.15, 0.2) is 30.3 Å². The summed E-state index contributed by atoms with van der Waals surface area (Å²) in [5.41, 5.74) is 1.23. The quantitative estimate of drug-likeness (QED) is 0.825. The van der Waals surface area contributed by atoms with Gasteiger partial charge in [0.1, 0.15) is 0 Å². The summed E-state index contributed by atoms with van der Waals surface area (Å²) in [6.07, 6.45) is 3.53. The number of aryl methyl sites for hydroxylation is 1. The normalized spacial score (nSPS) is 16.7. The van der Waals surface area contributed by atoms with E-state index in [1.54, 1.807) is 0 Å². The fourth-order valence-electron chi connectivity index (χ4n) is 2.17. The van der Waals surface area contributed by atoms with E-state index in [1.807, 2.05) is 18.2 Å². The topological polar surface area (TPSA) is 41.1 Å². The SMILES string of the molecule is O=C(CCc1ccccc1)NC1CCNCC1. The minimum absolute atomic E-state index is 0.181. The molecule has 0 aliphatic carbocycles. The van der Waals surface area contributed by atoms with E-state index in [9.17, 15) is 4.79 Å². The molecule has 92 valence electrons. The molecule has 1 aromatic rings. The fraction of sp³-hybridized carbons (Fsp3) is 0.500. The molecule has 3 heteroatoms. The monoisotopic (exact) mass is 232 g/mol. The molecule has 0 saturated carbocycles. The summed E-state index contributed by atoms with van der Waals surface area (Å²) in [7, 11) is 0. The number of carbonyl (C=O) groups excluding carboxylic acids is 1. The smallest absolute Gasteiger partial charge is 0.220 e. The molecule has 2 N–H and O–H groups in total. The van der Waals surface area contributed by atoms with Crippen LogP contribution in [-0.4, -0.2) is 25.0 Å². The molecule has 0 atom stereocenters. The molecule has 0 radical (unpaired) electrons. The Morgan fingerprint density at radius 3 is 2.65 bits per heavy atom. The van der Waals surface area contributed by atoms with E-state index in [1.165, 1.54) is 5.56 Å². The van der Waals surface area contributed by atoms with Crippen LogP contribution in [0.4, 0.5) is 0 Å². The van der Waals surface area contributed by atoms with E-state index in [4.69, 9.17) is 0 Å². The molecule has 0 bridgehead atoms. The van der Waals surface area contributed by atoms with Crippen LogP contribution in [0, 0.1) is 0 Å². The maximum atomic E-state index is 11.8. The van der Waals surface area contributed by atoms with E-state index in [2.05, 4.69) is 22.8 Å². The van der Waals surface area contributed by atoms with Crippen molar-refractivity contribution in [2.75, 3.05) is 13.1 Å². The second-order valence-electron chi connectivity index (χ2n) is 4.58. The molecule has 2 rings (SSSR count). The molecule has 0 aromatic heterocycles. The average Bonchev–Trinajstić information content (AvgIpc) is 2.39. The third-order valence-electron chi connectivity index (χ3n) is 3.19. The zero-order valence-electron chi connectivity index (χ0n) is 10.1. The Kier molecular flexibility index (Phi) is 4.56. The fourth-order valence-corrected chi connectivity index (χ4v) is 2.17. The number of piperidine rings is 1. The zero-order valence-corrected chi connectivity index (χ0v) is 10.1. The van der Waals surface area contributed by atoms with Crippen LogP contribution in [0.25, 0.3) is 0 Å². The number of hydrogen-bond acceptors (Lipinski definition) is 2. The second kappa shape index (κ2) is 6.40. The van der Waals surface area contributed by atoms with Crippen molar-refractivity contribution in [1.82, 2.24) is 10.6 Å². The minimum Gasteiger partial charge on any atom is -0.353 e. The van der Waals surface area contributed by atoms with Crippen molar-refractivity contribution < 1.29 is 4.79 Å². The highest BCUT2D eigenvalue weighted by Gasteiger charge is 2.14. The highest BCUT2D eigenvalue weighted by molar-refractivity contribution is 5.76. The van der Waals surface area contributed by atoms with Crippen LogP contribution < -0.4 is 10.6 Å². The second-order valence-corrected chi connectivity index (χ2v) is 4.58. The van der Waals surface area contributed by atoms with Crippen LogP contribution in [0.3, 0.4) is 0 Å². The van der Waals surface area contributed by atoms with Crippen molar-refractivity contribution in [2.24, 2.45) is 0 Å². The average molecular weight is 232 g/mol. The molecule has 0 spiro atoms. The Balaban J connectivity index is 1.70. The predicted molar refractivity (Wildman–Crippen MR) is 68.8 cm³/mol. The highest BCUT2D eigenvalue weighted by Crippen LogP contribution is 2.05. The van der Waals surface area contributed by atoms with E-state index in [0.717, 1.165) is 32.4 Å². The van der Waals surface area contributed by atoms with E-state index in [0.29, 0.717) is 12.5 Å². The molecule has 17 heavy (non-hydrogen) atoms. The Labute approximate surface area is 103 Å². The van der Waals surface area contributed by atoms with E-state index in [-0.39, 0.29) is 5.91 Å². The minimum atomic E-state index is 0.181. The molecular formula is C14H20N2O. The van der Waals surface area contributed by atoms with Crippen LogP contribution in [0.1, 0.15) is 24.8 Å². The Morgan fingerprint density at radius 1 is 1.24 bits per heavy atom. The summed E-state index contributed by atoms with van der Waals surface area (Å²) in [5, 5.41) is 6.40. The lowest BCUT2D eigenvalue weighted by Crippen LogP contribution is -2.42. The largest absolute Gasteiger partial charge is 0.353 e. The van der Waals surface area contributed by atoms with Gasteiger partial charge in [-0.3, -0.25) is 4.79 Å². The number of rotatable bonds is 4. The lowest BCUT2D eigenvalue weighted by atomic mass is 10.1. The van der Waals surface area contributed by atoms with E-state index >= 15 is 0 Å². The molecule has 3 nitrogen and oxygen atoms in total. The van der Waals surface area contributed by atoms with Crippen molar-refractivity contribution in [1.29, 1.82) is 0 Å². The van der Waals surface area contributed by atoms with Crippen molar-refractivity contribution in [3.63, 3.8) is 0 Å². The summed E-state index contributed by atoms with van der Waals surface area (Å²) >= 11 is 0. The maximum absolute atomic E-state index is 11.8. The first-order chi connectivity index (χ1) is 8.34. The summed E-state index contributed by atoms with van der Waals surface area (Å²) in [5.74, 6) is 0.181. The van der Waals surface area contributed by atoms with Crippen molar-refractivity contribution >= 4 is 5.91 Å². The van der Waals surface area contributed by atoms with Crippen molar-refractivity contribution in [2.45, 2.75) is 31.7 Å². The third kappa shape index (κ3) is 4.19. The summed E-state index contributed by atoms with van der Waals surface area (Å²) in [6, 6.07) is 10.5. The molecule has 1 saturated heterocycles. The standard InChI is InChI=1S/C14H20N2O/c17-14(16-13-8-10-15-11-9-13)7-6-12-4-2-1-3-5-12/h1-5,13,15H,6-11H2,(H,16,17). The predicted octanol–water partition coefficient (Wildman–Crippen LogP) is 1.49. The van der Waals surface area contributed by atoms with Gasteiger partial charge in [-0.25, -0.2) is 0 Å². The molecule has 1 aliphatic heterocycles. The Bertz CT molecular complexity index is 344. The Hall–Kier alpha value is -1.35. The number of nitrogens with one attached hydrogen (secondary N) is 2. The maximum Gasteiger partial charge on any atom is 0.220 e. The first-order valence-electron chi connectivity index (χ1n) is 6.38. The lowest BCUT2D eigenvalue weighted by molar-refractivity contribution is -0.121. The highest BCUT2D eigenvalue weighted by atomic mass is 16.1. The lowest BCUT2D eigenvalue weighted by Gasteiger charge is -2.23. The molecule has 1 heterocycles. The molecule has 0 unspecified atom stereocenters. The van der Waals surface area contributed by atoms with Gasteiger partial charge in [0.05, 0.1) is 0 Å². The Morgan fingerprint density at radius 2 is 1.94 bits per heavy atom. The van der Waals surface area contributed by atoms with Gasteiger partial charge in [-0.1, -0.05) is 30.3 Å². The first-order valence-corrected chi connectivity index (χ1v) is 6.38. The van der Waals surface area contributed by atoms with Gasteiger partial charge in [0.2, 0.25) is 5.91 Å². The van der Waals surface area contributed by atoms with Crippen molar-refractivity contribution in [3.8, 4) is 0 Å². The third-order valence-corrected chi connectivity index (χ3v) is 3.19. The summed E-state index contributed by atoms with van der Waals surface area (Å²) < 4.78 is 0. The van der Waals surface area contributed by atoms with E-state index < -0.39 is 0 Å². The number of amides is 1. The van der Waals surface area contributed by atoms with Crippen LogP contribution in [0.2, 0.25) is 0 Å². The number of hydrogen-bond donors (Lipinski definition) is 2. The molecule has 1 amide bonds. The van der Waals surface area contributed by atoms with Gasteiger partial charge in [-0.2, -0.15) is 0 Å². The van der Waals surface area contributed by atoms with Gasteiger partial charge in [-0.05, 0) is 37.9 Å². The number of carbonyl (C=O) groups is 1. The van der Waals surface area contributed by atoms with Gasteiger partial charge in [0, 0.05) is 12.5 Å². The number of benzene rings is 1.